The van der Waals surface area contributed by atoms with E-state index in [9.17, 15) is 23.3 Å². The molecule has 0 spiro atoms. The highest BCUT2D eigenvalue weighted by molar-refractivity contribution is 5.82. The molecule has 0 aliphatic heterocycles. The van der Waals surface area contributed by atoms with Gasteiger partial charge in [-0.25, -0.2) is 0 Å². The lowest BCUT2D eigenvalue weighted by Gasteiger charge is -2.11. The molecule has 3 aromatic carbocycles. The fourth-order valence-corrected chi connectivity index (χ4v) is 2.86. The minimum absolute atomic E-state index is 0.172. The zero-order valence-corrected chi connectivity index (χ0v) is 17.7. The van der Waals surface area contributed by atoms with Crippen LogP contribution in [-0.4, -0.2) is 18.2 Å². The molecule has 3 rings (SSSR count). The van der Waals surface area contributed by atoms with Crippen molar-refractivity contribution in [2.75, 3.05) is 12.5 Å². The first kappa shape index (κ1) is 23.6. The van der Waals surface area contributed by atoms with Gasteiger partial charge in [-0.15, -0.1) is 0 Å². The van der Waals surface area contributed by atoms with Gasteiger partial charge in [0.1, 0.15) is 12.3 Å². The first-order chi connectivity index (χ1) is 15.7. The number of nitro benzene ring substituents is 1. The van der Waals surface area contributed by atoms with E-state index in [0.717, 1.165) is 23.3 Å². The second-order valence-corrected chi connectivity index (χ2v) is 7.04. The van der Waals surface area contributed by atoms with Gasteiger partial charge in [-0.05, 0) is 48.4 Å². The summed E-state index contributed by atoms with van der Waals surface area (Å²) in [7, 11) is 1.48. The number of nitro groups is 1. The normalized spacial score (nSPS) is 11.4. The number of anilines is 1. The zero-order valence-electron chi connectivity index (χ0n) is 17.7. The van der Waals surface area contributed by atoms with Crippen LogP contribution < -0.4 is 14.9 Å². The average molecular weight is 459 g/mol. The van der Waals surface area contributed by atoms with Gasteiger partial charge < -0.3 is 9.47 Å². The highest BCUT2D eigenvalue weighted by Crippen LogP contribution is 2.35. The molecule has 33 heavy (non-hydrogen) atoms. The third kappa shape index (κ3) is 6.22. The van der Waals surface area contributed by atoms with E-state index in [1.165, 1.54) is 13.3 Å². The predicted octanol–water partition coefficient (Wildman–Crippen LogP) is 5.96. The Morgan fingerprint density at radius 1 is 1.06 bits per heavy atom. The molecule has 10 heteroatoms. The van der Waals surface area contributed by atoms with Gasteiger partial charge in [-0.2, -0.15) is 18.3 Å². The van der Waals surface area contributed by atoms with Crippen LogP contribution in [0.3, 0.4) is 0 Å². The number of hydrazone groups is 1. The van der Waals surface area contributed by atoms with E-state index >= 15 is 0 Å². The fourth-order valence-electron chi connectivity index (χ4n) is 2.86. The Labute approximate surface area is 187 Å². The zero-order chi connectivity index (χ0) is 24.0. The van der Waals surface area contributed by atoms with E-state index in [1.54, 1.807) is 18.2 Å². The van der Waals surface area contributed by atoms with Crippen molar-refractivity contribution in [3.63, 3.8) is 0 Å². The Kier molecular flexibility index (Phi) is 7.17. The van der Waals surface area contributed by atoms with E-state index in [0.29, 0.717) is 29.7 Å². The summed E-state index contributed by atoms with van der Waals surface area (Å²) >= 11 is 0. The molecule has 0 radical (unpaired) electrons. The largest absolute Gasteiger partial charge is 0.493 e. The molecule has 0 atom stereocenters. The maximum Gasteiger partial charge on any atom is 0.416 e. The number of methoxy groups -OCH3 is 1. The number of benzene rings is 3. The maximum absolute atomic E-state index is 12.8. The minimum Gasteiger partial charge on any atom is -0.493 e. The number of rotatable bonds is 8. The smallest absolute Gasteiger partial charge is 0.416 e. The standard InChI is InChI=1S/C23H20F3N3O4/c1-15-3-5-16(6-4-15)14-33-21-10-7-17(11-22(21)32-2)13-27-28-19-9-8-18(23(24,25)26)12-20(19)29(30)31/h3-13,28H,14H2,1-2H3/b27-13-. The molecule has 0 bridgehead atoms. The number of alkyl halides is 3. The summed E-state index contributed by atoms with van der Waals surface area (Å²) in [6.07, 6.45) is -3.33. The van der Waals surface area contributed by atoms with E-state index in [2.05, 4.69) is 10.5 Å². The maximum atomic E-state index is 12.8. The van der Waals surface area contributed by atoms with Gasteiger partial charge in [0.25, 0.3) is 5.69 Å². The van der Waals surface area contributed by atoms with Crippen molar-refractivity contribution in [3.05, 3.63) is 93.0 Å². The first-order valence-corrected chi connectivity index (χ1v) is 9.68. The van der Waals surface area contributed by atoms with Crippen LogP contribution in [0.5, 0.6) is 11.5 Å². The Morgan fingerprint density at radius 3 is 2.42 bits per heavy atom. The fraction of sp³-hybridized carbons (Fsp3) is 0.174. The molecule has 0 aromatic heterocycles. The third-order valence-electron chi connectivity index (χ3n) is 4.62. The molecule has 7 nitrogen and oxygen atoms in total. The van der Waals surface area contributed by atoms with Crippen LogP contribution in [0.1, 0.15) is 22.3 Å². The Morgan fingerprint density at radius 2 is 1.79 bits per heavy atom. The van der Waals surface area contributed by atoms with Crippen LogP contribution in [0.2, 0.25) is 0 Å². The van der Waals surface area contributed by atoms with Crippen LogP contribution in [0.15, 0.2) is 65.8 Å². The molecule has 0 aliphatic carbocycles. The molecule has 3 aromatic rings. The van der Waals surface area contributed by atoms with Gasteiger partial charge in [0.2, 0.25) is 0 Å². The van der Waals surface area contributed by atoms with Crippen molar-refractivity contribution < 1.29 is 27.6 Å². The molecule has 0 aliphatic rings. The van der Waals surface area contributed by atoms with Crippen LogP contribution in [0, 0.1) is 17.0 Å². The first-order valence-electron chi connectivity index (χ1n) is 9.68. The monoisotopic (exact) mass is 459 g/mol. The van der Waals surface area contributed by atoms with Crippen molar-refractivity contribution in [2.45, 2.75) is 19.7 Å². The lowest BCUT2D eigenvalue weighted by molar-refractivity contribution is -0.384. The highest BCUT2D eigenvalue weighted by atomic mass is 19.4. The summed E-state index contributed by atoms with van der Waals surface area (Å²) in [5, 5.41) is 15.0. The quantitative estimate of drug-likeness (QED) is 0.255. The molecule has 0 saturated heterocycles. The van der Waals surface area contributed by atoms with Crippen molar-refractivity contribution in [2.24, 2.45) is 5.10 Å². The Hall–Kier alpha value is -4.08. The van der Waals surface area contributed by atoms with Crippen LogP contribution in [0.4, 0.5) is 24.5 Å². The van der Waals surface area contributed by atoms with Gasteiger partial charge >= 0.3 is 6.18 Å². The topological polar surface area (TPSA) is 86.0 Å². The summed E-state index contributed by atoms with van der Waals surface area (Å²) in [6, 6.07) is 15.1. The van der Waals surface area contributed by atoms with Gasteiger partial charge in [0, 0.05) is 6.07 Å². The van der Waals surface area contributed by atoms with Gasteiger partial charge in [0.05, 0.1) is 23.8 Å². The third-order valence-corrected chi connectivity index (χ3v) is 4.62. The number of nitrogens with zero attached hydrogens (tertiary/aromatic N) is 2. The lowest BCUT2D eigenvalue weighted by atomic mass is 10.1. The summed E-state index contributed by atoms with van der Waals surface area (Å²) in [5.41, 5.74) is 3.11. The summed E-state index contributed by atoms with van der Waals surface area (Å²) in [6.45, 7) is 2.35. The second-order valence-electron chi connectivity index (χ2n) is 7.04. The molecule has 1 N–H and O–H groups in total. The Bertz CT molecular complexity index is 1160. The van der Waals surface area contributed by atoms with Crippen LogP contribution in [0.25, 0.3) is 0 Å². The van der Waals surface area contributed by atoms with Gasteiger partial charge in [-0.1, -0.05) is 29.8 Å². The minimum atomic E-state index is -4.69. The number of halogens is 3. The number of aryl methyl sites for hydroxylation is 1. The van der Waals surface area contributed by atoms with E-state index in [4.69, 9.17) is 9.47 Å². The van der Waals surface area contributed by atoms with Crippen molar-refractivity contribution in [1.29, 1.82) is 0 Å². The summed E-state index contributed by atoms with van der Waals surface area (Å²) < 4.78 is 49.6. The summed E-state index contributed by atoms with van der Waals surface area (Å²) in [5.74, 6) is 0.966. The van der Waals surface area contributed by atoms with E-state index < -0.39 is 22.4 Å². The molecular weight excluding hydrogens is 439 g/mol. The number of hydrogen-bond donors (Lipinski definition) is 1. The van der Waals surface area contributed by atoms with Crippen molar-refractivity contribution in [3.8, 4) is 11.5 Å². The average Bonchev–Trinajstić information content (AvgIpc) is 2.78. The Balaban J connectivity index is 1.71. The summed E-state index contributed by atoms with van der Waals surface area (Å²) in [4.78, 5) is 10.2. The SMILES string of the molecule is COc1cc(/C=N\Nc2ccc(C(F)(F)F)cc2[N+](=O)[O-])ccc1OCc1ccc(C)cc1. The predicted molar refractivity (Wildman–Crippen MR) is 118 cm³/mol. The van der Waals surface area contributed by atoms with Crippen LogP contribution >= 0.6 is 0 Å². The van der Waals surface area contributed by atoms with Crippen molar-refractivity contribution >= 4 is 17.6 Å². The van der Waals surface area contributed by atoms with E-state index in [1.807, 2.05) is 31.2 Å². The highest BCUT2D eigenvalue weighted by Gasteiger charge is 2.33. The van der Waals surface area contributed by atoms with Gasteiger partial charge in [-0.3, -0.25) is 15.5 Å². The van der Waals surface area contributed by atoms with E-state index in [-0.39, 0.29) is 5.69 Å². The lowest BCUT2D eigenvalue weighted by Crippen LogP contribution is -2.06. The molecule has 172 valence electrons. The molecule has 0 unspecified atom stereocenters. The molecule has 0 fully saturated rings. The number of nitrogens with one attached hydrogen (secondary N) is 1. The van der Waals surface area contributed by atoms with Crippen LogP contribution in [-0.2, 0) is 12.8 Å². The number of ether oxygens (including phenoxy) is 2. The molecular formula is C23H20F3N3O4. The van der Waals surface area contributed by atoms with Gasteiger partial charge in [0.15, 0.2) is 11.5 Å². The van der Waals surface area contributed by atoms with Crippen molar-refractivity contribution in [1.82, 2.24) is 0 Å². The number of hydrogen-bond acceptors (Lipinski definition) is 6. The molecule has 0 amide bonds. The molecule has 0 saturated carbocycles. The second kappa shape index (κ2) is 10.0. The molecule has 0 heterocycles.